The minimum atomic E-state index is -0.779. The molecule has 2 heterocycles. The number of amides is 3. The van der Waals surface area contributed by atoms with Crippen LogP contribution in [0.4, 0.5) is 9.59 Å². The highest BCUT2D eigenvalue weighted by Gasteiger charge is 2.55. The fourth-order valence-electron chi connectivity index (χ4n) is 3.29. The van der Waals surface area contributed by atoms with E-state index in [0.29, 0.717) is 12.3 Å². The molecule has 2 aliphatic heterocycles. The quantitative estimate of drug-likeness (QED) is 0.765. The number of nitrogens with zero attached hydrogens (tertiary/aromatic N) is 2. The summed E-state index contributed by atoms with van der Waals surface area (Å²) < 4.78 is 10.3. The van der Waals surface area contributed by atoms with Crippen LogP contribution >= 0.6 is 0 Å². The lowest BCUT2D eigenvalue weighted by Gasteiger charge is -2.45. The van der Waals surface area contributed by atoms with Crippen LogP contribution in [0, 0.1) is 0 Å². The van der Waals surface area contributed by atoms with Crippen molar-refractivity contribution in [3.05, 3.63) is 72.3 Å². The highest BCUT2D eigenvalue weighted by molar-refractivity contribution is 6.04. The maximum atomic E-state index is 12.7. The Morgan fingerprint density at radius 1 is 1.04 bits per heavy atom. The summed E-state index contributed by atoms with van der Waals surface area (Å²) in [5.74, 6) is -0.141. The Balaban J connectivity index is 1.57. The van der Waals surface area contributed by atoms with Crippen LogP contribution in [-0.2, 0) is 9.53 Å². The lowest BCUT2D eigenvalue weighted by atomic mass is 9.93. The van der Waals surface area contributed by atoms with E-state index in [0.717, 1.165) is 10.5 Å². The second-order valence-electron chi connectivity index (χ2n) is 6.40. The van der Waals surface area contributed by atoms with Gasteiger partial charge >= 0.3 is 12.2 Å². The molecule has 0 bridgehead atoms. The molecule has 7 heteroatoms. The maximum Gasteiger partial charge on any atom is 0.422 e. The second-order valence-corrected chi connectivity index (χ2v) is 6.40. The van der Waals surface area contributed by atoms with Crippen molar-refractivity contribution in [2.75, 3.05) is 13.2 Å². The Morgan fingerprint density at radius 3 is 2.36 bits per heavy atom. The number of imide groups is 1. The van der Waals surface area contributed by atoms with Gasteiger partial charge < -0.3 is 9.47 Å². The Bertz CT molecular complexity index is 913. The van der Waals surface area contributed by atoms with Gasteiger partial charge in [0.25, 0.3) is 5.91 Å². The van der Waals surface area contributed by atoms with Crippen LogP contribution in [-0.4, -0.2) is 53.1 Å². The van der Waals surface area contributed by atoms with Crippen molar-refractivity contribution in [1.82, 2.24) is 9.80 Å². The highest BCUT2D eigenvalue weighted by Crippen LogP contribution is 2.30. The van der Waals surface area contributed by atoms with Gasteiger partial charge in [-0.25, -0.2) is 14.5 Å². The molecule has 2 aliphatic rings. The van der Waals surface area contributed by atoms with E-state index in [1.165, 1.54) is 4.90 Å². The van der Waals surface area contributed by atoms with Gasteiger partial charge in [-0.15, -0.1) is 0 Å². The van der Waals surface area contributed by atoms with E-state index in [1.807, 2.05) is 36.4 Å². The van der Waals surface area contributed by atoms with E-state index in [2.05, 4.69) is 0 Å². The summed E-state index contributed by atoms with van der Waals surface area (Å²) in [7, 11) is 0. The standard InChI is InChI=1S/C21H18N2O5/c24-19-18(22-13-14-27-20(22)25)17(12-11-15-7-3-1-4-8-15)23(19)21(26)28-16-9-5-2-6-10-16/h1-12,17-18H,13-14H2/b12-11+/t17-,18+/m1/s1. The zero-order valence-corrected chi connectivity index (χ0v) is 14.9. The molecule has 0 unspecified atom stereocenters. The van der Waals surface area contributed by atoms with Gasteiger partial charge in [0.1, 0.15) is 18.4 Å². The van der Waals surface area contributed by atoms with Crippen molar-refractivity contribution in [3.63, 3.8) is 0 Å². The van der Waals surface area contributed by atoms with Gasteiger partial charge in [-0.3, -0.25) is 9.69 Å². The number of β-lactam (4-membered cyclic amide) rings is 1. The molecule has 3 amide bonds. The molecule has 2 saturated heterocycles. The Kier molecular flexibility index (Phi) is 4.80. The van der Waals surface area contributed by atoms with E-state index in [1.54, 1.807) is 36.4 Å². The number of carbonyl (C=O) groups is 3. The summed E-state index contributed by atoms with van der Waals surface area (Å²) in [6.07, 6.45) is 2.23. The van der Waals surface area contributed by atoms with Crippen molar-refractivity contribution in [1.29, 1.82) is 0 Å². The molecular weight excluding hydrogens is 360 g/mol. The average molecular weight is 378 g/mol. The monoisotopic (exact) mass is 378 g/mol. The third-order valence-corrected chi connectivity index (χ3v) is 4.67. The van der Waals surface area contributed by atoms with Gasteiger partial charge in [-0.2, -0.15) is 0 Å². The molecule has 142 valence electrons. The van der Waals surface area contributed by atoms with Crippen LogP contribution in [0.5, 0.6) is 5.75 Å². The summed E-state index contributed by atoms with van der Waals surface area (Å²) >= 11 is 0. The number of hydrogen-bond acceptors (Lipinski definition) is 5. The lowest BCUT2D eigenvalue weighted by Crippen LogP contribution is -2.72. The molecular formula is C21H18N2O5. The van der Waals surface area contributed by atoms with Crippen LogP contribution in [0.15, 0.2) is 66.7 Å². The van der Waals surface area contributed by atoms with Gasteiger partial charge in [0, 0.05) is 0 Å². The summed E-state index contributed by atoms with van der Waals surface area (Å²) in [5.41, 5.74) is 0.918. The molecule has 2 fully saturated rings. The third-order valence-electron chi connectivity index (χ3n) is 4.67. The molecule has 2 aromatic carbocycles. The van der Waals surface area contributed by atoms with Gasteiger partial charge in [0.05, 0.1) is 12.6 Å². The predicted molar refractivity (Wildman–Crippen MR) is 100 cm³/mol. The predicted octanol–water partition coefficient (Wildman–Crippen LogP) is 2.93. The minimum Gasteiger partial charge on any atom is -0.448 e. The molecule has 0 radical (unpaired) electrons. The topological polar surface area (TPSA) is 76.2 Å². The van der Waals surface area contributed by atoms with E-state index in [4.69, 9.17) is 9.47 Å². The van der Waals surface area contributed by atoms with E-state index in [-0.39, 0.29) is 6.61 Å². The number of cyclic esters (lactones) is 1. The Labute approximate surface area is 161 Å². The van der Waals surface area contributed by atoms with E-state index >= 15 is 0 Å². The zero-order chi connectivity index (χ0) is 19.5. The molecule has 0 aliphatic carbocycles. The van der Waals surface area contributed by atoms with Crippen LogP contribution in [0.3, 0.4) is 0 Å². The highest BCUT2D eigenvalue weighted by atomic mass is 16.6. The molecule has 2 atom stereocenters. The summed E-state index contributed by atoms with van der Waals surface area (Å²) in [4.78, 5) is 39.6. The minimum absolute atomic E-state index is 0.228. The van der Waals surface area contributed by atoms with Gasteiger partial charge in [-0.05, 0) is 17.7 Å². The Morgan fingerprint density at radius 2 is 1.71 bits per heavy atom. The number of para-hydroxylation sites is 1. The van der Waals surface area contributed by atoms with Gasteiger partial charge in [-0.1, -0.05) is 60.7 Å². The van der Waals surface area contributed by atoms with Crippen molar-refractivity contribution in [3.8, 4) is 5.75 Å². The number of ether oxygens (including phenoxy) is 2. The van der Waals surface area contributed by atoms with Crippen LogP contribution in [0.2, 0.25) is 0 Å². The van der Waals surface area contributed by atoms with E-state index < -0.39 is 30.2 Å². The molecule has 4 rings (SSSR count). The number of hydrogen-bond donors (Lipinski definition) is 0. The summed E-state index contributed by atoms with van der Waals surface area (Å²) in [6.45, 7) is 0.540. The molecule has 0 saturated carbocycles. The smallest absolute Gasteiger partial charge is 0.422 e. The van der Waals surface area contributed by atoms with Crippen LogP contribution in [0.1, 0.15) is 5.56 Å². The average Bonchev–Trinajstić information content (AvgIpc) is 3.11. The van der Waals surface area contributed by atoms with E-state index in [9.17, 15) is 14.4 Å². The van der Waals surface area contributed by atoms with Crippen LogP contribution < -0.4 is 4.74 Å². The van der Waals surface area contributed by atoms with Crippen molar-refractivity contribution in [2.24, 2.45) is 0 Å². The molecule has 7 nitrogen and oxygen atoms in total. The molecule has 2 aromatic rings. The third kappa shape index (κ3) is 3.34. The lowest BCUT2D eigenvalue weighted by molar-refractivity contribution is -0.148. The van der Waals surface area contributed by atoms with Crippen molar-refractivity contribution >= 4 is 24.2 Å². The molecule has 0 aromatic heterocycles. The van der Waals surface area contributed by atoms with Gasteiger partial charge in [0.15, 0.2) is 0 Å². The Hall–Kier alpha value is -3.61. The fourth-order valence-corrected chi connectivity index (χ4v) is 3.29. The first-order valence-corrected chi connectivity index (χ1v) is 8.92. The summed E-state index contributed by atoms with van der Waals surface area (Å²) in [6, 6.07) is 16.6. The second kappa shape index (κ2) is 7.56. The number of carbonyl (C=O) groups excluding carboxylic acids is 3. The first-order chi connectivity index (χ1) is 13.6. The number of benzene rings is 2. The van der Waals surface area contributed by atoms with Gasteiger partial charge in [0.2, 0.25) is 0 Å². The number of rotatable bonds is 4. The largest absolute Gasteiger partial charge is 0.448 e. The van der Waals surface area contributed by atoms with Crippen molar-refractivity contribution < 1.29 is 23.9 Å². The molecule has 0 N–H and O–H groups in total. The summed E-state index contributed by atoms with van der Waals surface area (Å²) in [5, 5.41) is 0. The van der Waals surface area contributed by atoms with Crippen LogP contribution in [0.25, 0.3) is 6.08 Å². The fraction of sp³-hybridized carbons (Fsp3) is 0.190. The molecule has 28 heavy (non-hydrogen) atoms. The first-order valence-electron chi connectivity index (χ1n) is 8.92. The maximum absolute atomic E-state index is 12.7. The number of likely N-dealkylation sites (tertiary alicyclic amines) is 1. The normalized spacial score (nSPS) is 21.6. The first kappa shape index (κ1) is 17.8. The molecule has 0 spiro atoms. The zero-order valence-electron chi connectivity index (χ0n) is 14.9. The van der Waals surface area contributed by atoms with Crippen molar-refractivity contribution in [2.45, 2.75) is 12.1 Å². The SMILES string of the molecule is O=C1OCCN1[C@@H]1C(=O)N(C(=O)Oc2ccccc2)[C@@H]1/C=C/c1ccccc1.